The smallest absolute Gasteiger partial charge is 0.302 e. The molecule has 0 radical (unpaired) electrons. The minimum absolute atomic E-state index is 0.0446. The Balaban J connectivity index is 1.72. The van der Waals surface area contributed by atoms with Gasteiger partial charge in [-0.3, -0.25) is 9.59 Å². The Hall–Kier alpha value is -1.75. The Kier molecular flexibility index (Phi) is 4.18. The van der Waals surface area contributed by atoms with Gasteiger partial charge in [-0.15, -0.1) is 0 Å². The van der Waals surface area contributed by atoms with Gasteiger partial charge in [0, 0.05) is 30.2 Å². The van der Waals surface area contributed by atoms with Crippen LogP contribution in [0.1, 0.15) is 51.0 Å². The van der Waals surface area contributed by atoms with Gasteiger partial charge in [-0.1, -0.05) is 13.0 Å². The van der Waals surface area contributed by atoms with Crippen molar-refractivity contribution in [2.45, 2.75) is 51.6 Å². The molecule has 2 aliphatic carbocycles. The van der Waals surface area contributed by atoms with E-state index in [1.807, 2.05) is 18.2 Å². The van der Waals surface area contributed by atoms with Gasteiger partial charge in [0.1, 0.15) is 11.9 Å². The molecule has 0 saturated heterocycles. The lowest BCUT2D eigenvalue weighted by Gasteiger charge is -2.50. The summed E-state index contributed by atoms with van der Waals surface area (Å²) >= 11 is 6.45. The van der Waals surface area contributed by atoms with Crippen molar-refractivity contribution in [3.05, 3.63) is 23.8 Å². The largest absolute Gasteiger partial charge is 0.497 e. The summed E-state index contributed by atoms with van der Waals surface area (Å²) in [4.78, 5) is 24.7. The van der Waals surface area contributed by atoms with Crippen LogP contribution < -0.4 is 9.16 Å². The van der Waals surface area contributed by atoms with Gasteiger partial charge in [-0.2, -0.15) is 0 Å². The van der Waals surface area contributed by atoms with Crippen molar-refractivity contribution in [1.29, 1.82) is 0 Å². The zero-order valence-corrected chi connectivity index (χ0v) is 16.1. The van der Waals surface area contributed by atoms with E-state index in [9.17, 15) is 9.59 Å². The maximum atomic E-state index is 13.2. The van der Waals surface area contributed by atoms with Crippen LogP contribution in [0.4, 0.5) is 5.69 Å². The molecule has 1 aliphatic heterocycles. The number of anilines is 1. The normalized spacial score (nSPS) is 35.4. The summed E-state index contributed by atoms with van der Waals surface area (Å²) in [6.45, 7) is 3.63. The van der Waals surface area contributed by atoms with Gasteiger partial charge in [-0.05, 0) is 49.1 Å². The predicted octanol–water partition coefficient (Wildman–Crippen LogP) is 4.04. The minimum atomic E-state index is -0.245. The number of hydrogen-bond donors (Lipinski definition) is 0. The molecule has 0 bridgehead atoms. The standard InChI is InChI=1S/C20H24ClNO4/c1-11(23)26-17-7-6-15-18-14(8-9-20(15,17)2)13-5-4-12(25-3)10-16(13)22(21)19(18)24/h4-5,10,14-15,17-18H,6-9H2,1-3H3/t14-,15+,17+,18-,20+/m1/s1. The third-order valence-electron chi connectivity index (χ3n) is 6.82. The van der Waals surface area contributed by atoms with E-state index in [-0.39, 0.29) is 41.1 Å². The molecule has 1 aromatic rings. The van der Waals surface area contributed by atoms with Crippen molar-refractivity contribution in [3.8, 4) is 5.75 Å². The average Bonchev–Trinajstić information content (AvgIpc) is 2.94. The van der Waals surface area contributed by atoms with Gasteiger partial charge in [0.05, 0.1) is 18.7 Å². The van der Waals surface area contributed by atoms with Crippen molar-refractivity contribution >= 4 is 29.3 Å². The molecule has 1 heterocycles. The van der Waals surface area contributed by atoms with Gasteiger partial charge >= 0.3 is 5.97 Å². The van der Waals surface area contributed by atoms with Crippen LogP contribution in [0.15, 0.2) is 18.2 Å². The van der Waals surface area contributed by atoms with Gasteiger partial charge in [0.15, 0.2) is 0 Å². The summed E-state index contributed by atoms with van der Waals surface area (Å²) in [5.74, 6) is 0.578. The second-order valence-corrected chi connectivity index (χ2v) is 8.34. The zero-order valence-electron chi connectivity index (χ0n) is 15.3. The SMILES string of the molecule is COc1ccc2c(c1)N(Cl)C(=O)[C@@H]1[C@@H]2CC[C@]2(C)[C@@H](OC(C)=O)CC[C@@H]12. The number of methoxy groups -OCH3 is 1. The second-order valence-electron chi connectivity index (χ2n) is 8.00. The third kappa shape index (κ3) is 2.43. The van der Waals surface area contributed by atoms with Crippen molar-refractivity contribution < 1.29 is 19.1 Å². The van der Waals surface area contributed by atoms with Crippen LogP contribution in [0.3, 0.4) is 0 Å². The van der Waals surface area contributed by atoms with Crippen molar-refractivity contribution in [1.82, 2.24) is 0 Å². The summed E-state index contributed by atoms with van der Waals surface area (Å²) in [5.41, 5.74) is 1.68. The molecule has 0 unspecified atom stereocenters. The highest BCUT2D eigenvalue weighted by molar-refractivity contribution is 6.37. The second kappa shape index (κ2) is 6.15. The molecular weight excluding hydrogens is 354 g/mol. The molecule has 1 amide bonds. The quantitative estimate of drug-likeness (QED) is 0.576. The fourth-order valence-corrected chi connectivity index (χ4v) is 5.82. The molecule has 0 aromatic heterocycles. The molecule has 3 aliphatic rings. The first-order chi connectivity index (χ1) is 12.4. The van der Waals surface area contributed by atoms with E-state index < -0.39 is 0 Å². The van der Waals surface area contributed by atoms with E-state index in [1.54, 1.807) is 7.11 Å². The van der Waals surface area contributed by atoms with E-state index in [0.29, 0.717) is 5.75 Å². The highest BCUT2D eigenvalue weighted by Gasteiger charge is 2.59. The number of carbonyl (C=O) groups excluding carboxylic acids is 2. The van der Waals surface area contributed by atoms with Crippen LogP contribution in [-0.4, -0.2) is 25.1 Å². The van der Waals surface area contributed by atoms with Crippen LogP contribution >= 0.6 is 11.8 Å². The zero-order chi connectivity index (χ0) is 18.6. The Morgan fingerprint density at radius 3 is 2.77 bits per heavy atom. The molecule has 140 valence electrons. The molecule has 0 spiro atoms. The number of hydrogen-bond acceptors (Lipinski definition) is 4. The molecule has 26 heavy (non-hydrogen) atoms. The van der Waals surface area contributed by atoms with Gasteiger partial charge in [0.2, 0.25) is 5.91 Å². The maximum absolute atomic E-state index is 13.2. The molecule has 1 aromatic carbocycles. The van der Waals surface area contributed by atoms with Crippen molar-refractivity contribution in [2.75, 3.05) is 11.5 Å². The van der Waals surface area contributed by atoms with Crippen LogP contribution in [0.5, 0.6) is 5.75 Å². The monoisotopic (exact) mass is 377 g/mol. The Bertz CT molecular complexity index is 766. The molecule has 2 fully saturated rings. The van der Waals surface area contributed by atoms with Crippen molar-refractivity contribution in [3.63, 3.8) is 0 Å². The number of carbonyl (C=O) groups is 2. The number of halogens is 1. The van der Waals surface area contributed by atoms with Crippen LogP contribution in [-0.2, 0) is 14.3 Å². The summed E-state index contributed by atoms with van der Waals surface area (Å²) in [6, 6.07) is 5.80. The number of benzene rings is 1. The van der Waals surface area contributed by atoms with E-state index in [2.05, 4.69) is 6.92 Å². The third-order valence-corrected chi connectivity index (χ3v) is 7.17. The first-order valence-electron chi connectivity index (χ1n) is 9.21. The number of rotatable bonds is 2. The summed E-state index contributed by atoms with van der Waals surface area (Å²) < 4.78 is 12.2. The van der Waals surface area contributed by atoms with Crippen LogP contribution in [0.2, 0.25) is 0 Å². The lowest BCUT2D eigenvalue weighted by Crippen LogP contribution is -2.51. The fraction of sp³-hybridized carbons (Fsp3) is 0.600. The Morgan fingerprint density at radius 2 is 2.08 bits per heavy atom. The Labute approximate surface area is 158 Å². The molecule has 0 N–H and O–H groups in total. The van der Waals surface area contributed by atoms with Gasteiger partial charge < -0.3 is 9.47 Å². The molecule has 4 rings (SSSR count). The van der Waals surface area contributed by atoms with Crippen molar-refractivity contribution in [2.24, 2.45) is 17.3 Å². The number of esters is 1. The van der Waals surface area contributed by atoms with E-state index in [1.165, 1.54) is 11.3 Å². The number of nitrogens with zero attached hydrogens (tertiary/aromatic N) is 1. The summed E-state index contributed by atoms with van der Waals surface area (Å²) in [5, 5.41) is 0. The molecular formula is C20H24ClNO4. The van der Waals surface area contributed by atoms with E-state index in [0.717, 1.165) is 36.9 Å². The lowest BCUT2D eigenvalue weighted by molar-refractivity contribution is -0.155. The Morgan fingerprint density at radius 1 is 1.31 bits per heavy atom. The molecule has 2 saturated carbocycles. The number of ether oxygens (including phenoxy) is 2. The highest BCUT2D eigenvalue weighted by Crippen LogP contribution is 2.62. The molecule has 5 nitrogen and oxygen atoms in total. The average molecular weight is 378 g/mol. The first-order valence-corrected chi connectivity index (χ1v) is 9.55. The van der Waals surface area contributed by atoms with Crippen LogP contribution in [0.25, 0.3) is 0 Å². The van der Waals surface area contributed by atoms with Crippen LogP contribution in [0, 0.1) is 17.3 Å². The predicted molar refractivity (Wildman–Crippen MR) is 98.2 cm³/mol. The molecule has 5 atom stereocenters. The van der Waals surface area contributed by atoms with E-state index in [4.69, 9.17) is 21.3 Å². The molecule has 6 heteroatoms. The van der Waals surface area contributed by atoms with Gasteiger partial charge in [-0.25, -0.2) is 4.42 Å². The fourth-order valence-electron chi connectivity index (χ4n) is 5.56. The topological polar surface area (TPSA) is 55.8 Å². The summed E-state index contributed by atoms with van der Waals surface area (Å²) in [6.07, 6.45) is 3.43. The lowest BCUT2D eigenvalue weighted by atomic mass is 9.57. The van der Waals surface area contributed by atoms with E-state index >= 15 is 0 Å². The number of fused-ring (bicyclic) bond motifs is 5. The highest BCUT2D eigenvalue weighted by atomic mass is 35.5. The maximum Gasteiger partial charge on any atom is 0.302 e. The first kappa shape index (κ1) is 17.7. The number of amides is 1. The minimum Gasteiger partial charge on any atom is -0.497 e. The van der Waals surface area contributed by atoms with Gasteiger partial charge in [0.25, 0.3) is 0 Å². The summed E-state index contributed by atoms with van der Waals surface area (Å²) in [7, 11) is 1.60.